The van der Waals surface area contributed by atoms with Crippen molar-refractivity contribution in [2.45, 2.75) is 58.4 Å². The molecule has 2 amide bonds. The van der Waals surface area contributed by atoms with E-state index < -0.39 is 0 Å². The van der Waals surface area contributed by atoms with Crippen LogP contribution in [0.3, 0.4) is 0 Å². The van der Waals surface area contributed by atoms with Gasteiger partial charge in [0.05, 0.1) is 0 Å². The highest BCUT2D eigenvalue weighted by molar-refractivity contribution is 5.78. The number of nitrogens with zero attached hydrogens (tertiary/aromatic N) is 3. The lowest BCUT2D eigenvalue weighted by molar-refractivity contribution is -0.136. The van der Waals surface area contributed by atoms with Crippen LogP contribution in [-0.2, 0) is 9.59 Å². The Morgan fingerprint density at radius 2 is 1.86 bits per heavy atom. The molecule has 0 aromatic heterocycles. The number of piperidine rings is 1. The molecule has 0 bridgehead atoms. The fourth-order valence-corrected chi connectivity index (χ4v) is 3.13. The molecule has 5 nitrogen and oxygen atoms in total. The maximum Gasteiger partial charge on any atom is 0.224 e. The fourth-order valence-electron chi connectivity index (χ4n) is 3.13. The molecular formula is C17H33N3O2. The van der Waals surface area contributed by atoms with Crippen molar-refractivity contribution in [2.24, 2.45) is 0 Å². The zero-order valence-corrected chi connectivity index (χ0v) is 14.8. The van der Waals surface area contributed by atoms with E-state index in [1.807, 2.05) is 23.9 Å². The lowest BCUT2D eigenvalue weighted by atomic mass is 9.99. The monoisotopic (exact) mass is 311 g/mol. The molecule has 1 unspecified atom stereocenters. The topological polar surface area (TPSA) is 43.9 Å². The molecule has 5 heteroatoms. The molecule has 1 aliphatic heterocycles. The fraction of sp³-hybridized carbons (Fsp3) is 0.882. The van der Waals surface area contributed by atoms with Crippen molar-refractivity contribution < 1.29 is 9.59 Å². The van der Waals surface area contributed by atoms with E-state index in [2.05, 4.69) is 11.8 Å². The Labute approximate surface area is 135 Å². The number of hydrogen-bond acceptors (Lipinski definition) is 3. The minimum Gasteiger partial charge on any atom is -0.342 e. The summed E-state index contributed by atoms with van der Waals surface area (Å²) in [6, 6.07) is 0.403. The van der Waals surface area contributed by atoms with Crippen LogP contribution in [0, 0.1) is 0 Å². The normalized spacial score (nSPS) is 18.6. The van der Waals surface area contributed by atoms with Crippen LogP contribution in [0.15, 0.2) is 0 Å². The molecular weight excluding hydrogens is 278 g/mol. The van der Waals surface area contributed by atoms with Gasteiger partial charge in [0.25, 0.3) is 0 Å². The van der Waals surface area contributed by atoms with Crippen LogP contribution in [0.1, 0.15) is 52.4 Å². The number of amides is 2. The van der Waals surface area contributed by atoms with E-state index in [0.29, 0.717) is 19.0 Å². The van der Waals surface area contributed by atoms with Gasteiger partial charge in [0, 0.05) is 39.0 Å². The van der Waals surface area contributed by atoms with Crippen LogP contribution in [0.25, 0.3) is 0 Å². The molecule has 1 heterocycles. The first kappa shape index (κ1) is 18.9. The number of carbonyl (C=O) groups is 2. The van der Waals surface area contributed by atoms with Crippen molar-refractivity contribution in [1.29, 1.82) is 0 Å². The largest absolute Gasteiger partial charge is 0.342 e. The summed E-state index contributed by atoms with van der Waals surface area (Å²) in [7, 11) is 4.06. The quantitative estimate of drug-likeness (QED) is 0.688. The molecule has 0 saturated carbocycles. The molecule has 0 aliphatic carbocycles. The van der Waals surface area contributed by atoms with E-state index in [1.54, 1.807) is 6.92 Å². The summed E-state index contributed by atoms with van der Waals surface area (Å²) in [5, 5.41) is 0. The summed E-state index contributed by atoms with van der Waals surface area (Å²) >= 11 is 0. The molecule has 1 fully saturated rings. The van der Waals surface area contributed by atoms with E-state index in [0.717, 1.165) is 45.3 Å². The summed E-state index contributed by atoms with van der Waals surface area (Å²) in [5.41, 5.74) is 0. The number of likely N-dealkylation sites (tertiary alicyclic amines) is 1. The van der Waals surface area contributed by atoms with E-state index in [-0.39, 0.29) is 11.8 Å². The summed E-state index contributed by atoms with van der Waals surface area (Å²) in [5.74, 6) is 0.280. The predicted molar refractivity (Wildman–Crippen MR) is 89.7 cm³/mol. The lowest BCUT2D eigenvalue weighted by Crippen LogP contribution is -2.44. The van der Waals surface area contributed by atoms with Crippen LogP contribution in [0.4, 0.5) is 0 Å². The van der Waals surface area contributed by atoms with Crippen LogP contribution < -0.4 is 0 Å². The lowest BCUT2D eigenvalue weighted by Gasteiger charge is -2.36. The Hall–Kier alpha value is -1.10. The molecule has 1 saturated heterocycles. The highest BCUT2D eigenvalue weighted by Gasteiger charge is 2.25. The van der Waals surface area contributed by atoms with Gasteiger partial charge in [0.1, 0.15) is 0 Å². The molecule has 22 heavy (non-hydrogen) atoms. The Morgan fingerprint density at radius 3 is 2.45 bits per heavy atom. The van der Waals surface area contributed by atoms with Gasteiger partial charge in [-0.3, -0.25) is 9.59 Å². The van der Waals surface area contributed by atoms with Crippen LogP contribution >= 0.6 is 0 Å². The first-order valence-corrected chi connectivity index (χ1v) is 8.65. The predicted octanol–water partition coefficient (Wildman–Crippen LogP) is 1.97. The van der Waals surface area contributed by atoms with Gasteiger partial charge in [0.2, 0.25) is 11.8 Å². The van der Waals surface area contributed by atoms with Crippen molar-refractivity contribution in [1.82, 2.24) is 14.7 Å². The summed E-state index contributed by atoms with van der Waals surface area (Å²) in [4.78, 5) is 30.1. The number of rotatable bonds is 8. The zero-order valence-electron chi connectivity index (χ0n) is 14.8. The summed E-state index contributed by atoms with van der Waals surface area (Å²) in [6.07, 6.45) is 5.90. The third kappa shape index (κ3) is 6.34. The van der Waals surface area contributed by atoms with E-state index in [4.69, 9.17) is 0 Å². The second kappa shape index (κ2) is 9.82. The van der Waals surface area contributed by atoms with Crippen LogP contribution in [0.5, 0.6) is 0 Å². The Balaban J connectivity index is 2.42. The molecule has 1 atom stereocenters. The van der Waals surface area contributed by atoms with Gasteiger partial charge >= 0.3 is 0 Å². The van der Waals surface area contributed by atoms with Crippen LogP contribution in [0.2, 0.25) is 0 Å². The summed E-state index contributed by atoms with van der Waals surface area (Å²) in [6.45, 7) is 6.88. The minimum atomic E-state index is 0.0669. The van der Waals surface area contributed by atoms with E-state index in [9.17, 15) is 9.59 Å². The average molecular weight is 311 g/mol. The van der Waals surface area contributed by atoms with Crippen molar-refractivity contribution in [3.8, 4) is 0 Å². The van der Waals surface area contributed by atoms with Crippen LogP contribution in [-0.4, -0.2) is 72.8 Å². The SMILES string of the molecule is CCC1CCCCN1C(=O)CCN(CCCN(C)C)C(C)=O. The average Bonchev–Trinajstić information content (AvgIpc) is 2.49. The van der Waals surface area contributed by atoms with Crippen molar-refractivity contribution in [3.63, 3.8) is 0 Å². The number of carbonyl (C=O) groups excluding carboxylic acids is 2. The number of hydrogen-bond donors (Lipinski definition) is 0. The molecule has 0 aromatic rings. The zero-order chi connectivity index (χ0) is 16.5. The Bertz CT molecular complexity index is 358. The molecule has 1 rings (SSSR count). The second-order valence-corrected chi connectivity index (χ2v) is 6.56. The molecule has 0 aromatic carbocycles. The van der Waals surface area contributed by atoms with Gasteiger partial charge in [-0.05, 0) is 52.7 Å². The first-order valence-electron chi connectivity index (χ1n) is 8.65. The minimum absolute atomic E-state index is 0.0669. The van der Waals surface area contributed by atoms with Crippen molar-refractivity contribution >= 4 is 11.8 Å². The molecule has 1 aliphatic rings. The Morgan fingerprint density at radius 1 is 1.14 bits per heavy atom. The maximum absolute atomic E-state index is 12.5. The third-order valence-electron chi connectivity index (χ3n) is 4.49. The Kier molecular flexibility index (Phi) is 8.46. The molecule has 0 N–H and O–H groups in total. The highest BCUT2D eigenvalue weighted by atomic mass is 16.2. The van der Waals surface area contributed by atoms with Gasteiger partial charge < -0.3 is 14.7 Å². The molecule has 0 radical (unpaired) electrons. The van der Waals surface area contributed by atoms with Gasteiger partial charge in [-0.15, -0.1) is 0 Å². The van der Waals surface area contributed by atoms with E-state index in [1.165, 1.54) is 6.42 Å². The van der Waals surface area contributed by atoms with Gasteiger partial charge in [-0.1, -0.05) is 6.92 Å². The molecule has 128 valence electrons. The second-order valence-electron chi connectivity index (χ2n) is 6.56. The van der Waals surface area contributed by atoms with Gasteiger partial charge in [-0.25, -0.2) is 0 Å². The maximum atomic E-state index is 12.5. The van der Waals surface area contributed by atoms with Crippen molar-refractivity contribution in [2.75, 3.05) is 40.3 Å². The van der Waals surface area contributed by atoms with Gasteiger partial charge in [0.15, 0.2) is 0 Å². The third-order valence-corrected chi connectivity index (χ3v) is 4.49. The highest BCUT2D eigenvalue weighted by Crippen LogP contribution is 2.20. The van der Waals surface area contributed by atoms with Crippen molar-refractivity contribution in [3.05, 3.63) is 0 Å². The standard InChI is InChI=1S/C17H33N3O2/c1-5-16-9-6-7-13-20(16)17(22)10-14-19(15(2)21)12-8-11-18(3)4/h16H,5-14H2,1-4H3. The van der Waals surface area contributed by atoms with E-state index >= 15 is 0 Å². The van der Waals surface area contributed by atoms with Gasteiger partial charge in [-0.2, -0.15) is 0 Å². The first-order chi connectivity index (χ1) is 10.5. The summed E-state index contributed by atoms with van der Waals surface area (Å²) < 4.78 is 0. The smallest absolute Gasteiger partial charge is 0.224 e. The molecule has 0 spiro atoms.